The lowest BCUT2D eigenvalue weighted by Crippen LogP contribution is -2.30. The largest absolute Gasteiger partial charge is 0.485 e. The van der Waals surface area contributed by atoms with Crippen molar-refractivity contribution in [1.29, 1.82) is 0 Å². The number of Topliss-reactive ketones (excluding diaryl/α,β-unsaturated/α-hetero) is 2. The van der Waals surface area contributed by atoms with E-state index in [9.17, 15) is 22.8 Å². The third kappa shape index (κ3) is 16.7. The first-order valence-corrected chi connectivity index (χ1v) is 17.1. The number of fused-ring (bicyclic) bond motifs is 1. The minimum absolute atomic E-state index is 0.0219. The van der Waals surface area contributed by atoms with Gasteiger partial charge in [-0.2, -0.15) is 5.10 Å². The molecule has 0 aliphatic carbocycles. The molecule has 2 aromatic carbocycles. The molecule has 0 aliphatic heterocycles. The molecule has 0 atom stereocenters. The highest BCUT2D eigenvalue weighted by Gasteiger charge is 2.17. The number of benzene rings is 2. The number of ether oxygens (including phenoxy) is 2. The van der Waals surface area contributed by atoms with Gasteiger partial charge in [-0.1, -0.05) is 51.5 Å². The zero-order valence-corrected chi connectivity index (χ0v) is 31.5. The van der Waals surface area contributed by atoms with Crippen LogP contribution in [-0.2, 0) is 9.59 Å². The van der Waals surface area contributed by atoms with Gasteiger partial charge in [-0.05, 0) is 70.5 Å². The zero-order chi connectivity index (χ0) is 39.1. The monoisotopic (exact) mass is 726 g/mol. The van der Waals surface area contributed by atoms with E-state index in [2.05, 4.69) is 22.0 Å². The molecule has 0 spiro atoms. The molecular formula is C39H53F3N6O4. The van der Waals surface area contributed by atoms with Crippen molar-refractivity contribution in [3.63, 3.8) is 0 Å². The third-order valence-electron chi connectivity index (χ3n) is 6.70. The summed E-state index contributed by atoms with van der Waals surface area (Å²) >= 11 is 0. The van der Waals surface area contributed by atoms with E-state index in [0.29, 0.717) is 23.6 Å². The molecule has 1 heterocycles. The number of aliphatic imine (C=N–C) groups is 1. The number of H-pyrrole nitrogens is 1. The van der Waals surface area contributed by atoms with E-state index >= 15 is 0 Å². The Hall–Kier alpha value is -5.17. The SMILES string of the molecule is C/C=C/C(=N/C=C/N(C)/N=C\C(=CCN)C(C)=O)Oc1ccccc1F.CC.CCCCN(CC(C)=O)c1cc2[nH]c(C)cc2cc1OCC(F)F. The predicted molar refractivity (Wildman–Crippen MR) is 206 cm³/mol. The van der Waals surface area contributed by atoms with Gasteiger partial charge in [0.05, 0.1) is 18.4 Å². The minimum atomic E-state index is -2.54. The minimum Gasteiger partial charge on any atom is -0.485 e. The highest BCUT2D eigenvalue weighted by atomic mass is 19.3. The Morgan fingerprint density at radius 3 is 2.40 bits per heavy atom. The molecule has 1 aromatic heterocycles. The highest BCUT2D eigenvalue weighted by molar-refractivity contribution is 6.12. The van der Waals surface area contributed by atoms with E-state index in [-0.39, 0.29) is 36.3 Å². The summed E-state index contributed by atoms with van der Waals surface area (Å²) in [7, 11) is 1.68. The van der Waals surface area contributed by atoms with Crippen LogP contribution in [0.1, 0.15) is 60.1 Å². The highest BCUT2D eigenvalue weighted by Crippen LogP contribution is 2.34. The Morgan fingerprint density at radius 1 is 1.10 bits per heavy atom. The lowest BCUT2D eigenvalue weighted by Gasteiger charge is -2.26. The van der Waals surface area contributed by atoms with Gasteiger partial charge in [0, 0.05) is 54.7 Å². The molecule has 0 saturated heterocycles. The second-order valence-corrected chi connectivity index (χ2v) is 11.1. The molecule has 13 heteroatoms. The Labute approximate surface area is 305 Å². The molecule has 284 valence electrons. The van der Waals surface area contributed by atoms with Crippen LogP contribution in [0.25, 0.3) is 10.9 Å². The Balaban J connectivity index is 0.000000497. The summed E-state index contributed by atoms with van der Waals surface area (Å²) in [6, 6.07) is 11.7. The number of nitrogens with one attached hydrogen (secondary N) is 1. The quantitative estimate of drug-likeness (QED) is 0.0620. The average Bonchev–Trinajstić information content (AvgIpc) is 3.47. The number of nitrogens with two attached hydrogens (primary N) is 1. The molecule has 3 aromatic rings. The van der Waals surface area contributed by atoms with Crippen molar-refractivity contribution >= 4 is 40.3 Å². The molecule has 0 amide bonds. The lowest BCUT2D eigenvalue weighted by molar-refractivity contribution is -0.116. The van der Waals surface area contributed by atoms with Crippen LogP contribution in [0.3, 0.4) is 0 Å². The molecule has 0 bridgehead atoms. The summed E-state index contributed by atoms with van der Waals surface area (Å²) in [5.74, 6) is 0.121. The number of carbonyl (C=O) groups excluding carboxylic acids is 2. The fourth-order valence-electron chi connectivity index (χ4n) is 4.41. The van der Waals surface area contributed by atoms with Gasteiger partial charge in [0.2, 0.25) is 5.90 Å². The number of aromatic nitrogens is 1. The number of para-hydroxylation sites is 1. The molecule has 0 unspecified atom stereocenters. The number of alkyl halides is 2. The van der Waals surface area contributed by atoms with Crippen molar-refractivity contribution in [1.82, 2.24) is 9.99 Å². The number of ketones is 2. The van der Waals surface area contributed by atoms with Crippen molar-refractivity contribution in [3.8, 4) is 11.5 Å². The van der Waals surface area contributed by atoms with Crippen LogP contribution >= 0.6 is 0 Å². The summed E-state index contributed by atoms with van der Waals surface area (Å²) in [6.07, 6.45) is 8.70. The molecule has 0 radical (unpaired) electrons. The topological polar surface area (TPSA) is 126 Å². The van der Waals surface area contributed by atoms with Crippen molar-refractivity contribution in [2.24, 2.45) is 15.8 Å². The molecule has 3 N–H and O–H groups in total. The number of hydrogen-bond acceptors (Lipinski definition) is 9. The van der Waals surface area contributed by atoms with Gasteiger partial charge >= 0.3 is 0 Å². The molecule has 0 aliphatic rings. The van der Waals surface area contributed by atoms with Crippen LogP contribution < -0.4 is 20.1 Å². The van der Waals surface area contributed by atoms with E-state index < -0.39 is 18.8 Å². The summed E-state index contributed by atoms with van der Waals surface area (Å²) in [4.78, 5) is 32.3. The fourth-order valence-corrected chi connectivity index (χ4v) is 4.41. The first kappa shape index (κ1) is 44.9. The van der Waals surface area contributed by atoms with Crippen molar-refractivity contribution in [2.75, 3.05) is 38.2 Å². The van der Waals surface area contributed by atoms with Crippen LogP contribution in [0.4, 0.5) is 18.9 Å². The summed E-state index contributed by atoms with van der Waals surface area (Å²) in [5, 5.41) is 6.46. The number of carbonyl (C=O) groups is 2. The zero-order valence-electron chi connectivity index (χ0n) is 31.5. The molecular weight excluding hydrogens is 673 g/mol. The van der Waals surface area contributed by atoms with Gasteiger partial charge in [-0.3, -0.25) is 14.6 Å². The number of aryl methyl sites for hydroxylation is 1. The molecule has 0 fully saturated rings. The summed E-state index contributed by atoms with van der Waals surface area (Å²) in [5.41, 5.74) is 8.39. The summed E-state index contributed by atoms with van der Waals surface area (Å²) in [6.45, 7) is 13.3. The van der Waals surface area contributed by atoms with Crippen molar-refractivity contribution < 1.29 is 32.2 Å². The van der Waals surface area contributed by atoms with Crippen LogP contribution in [0.15, 0.2) is 88.8 Å². The van der Waals surface area contributed by atoms with Crippen LogP contribution in [-0.4, -0.2) is 73.4 Å². The maximum absolute atomic E-state index is 13.7. The van der Waals surface area contributed by atoms with Crippen molar-refractivity contribution in [2.45, 2.75) is 67.7 Å². The standard InChI is InChI=1S/C19H23FN4O2.C18H24F2N2O2.C2H6/c1-4-7-19(26-18-9-6-5-8-17(18)20)22-12-13-24(3)23-14-16(10-11-21)15(2)25;1-4-5-6-22(10-13(3)23)16-9-15-14(7-12(2)21-15)8-17(16)24-11-18(19)20;1-2/h4-10,12-14H,11,21H2,1-3H3;7-9,18,21H,4-6,10-11H2,1-3H3;1-2H3/b7-4+,13-12+,16-10?,22-19-,23-14-;;. The number of halogens is 3. The maximum Gasteiger partial charge on any atom is 0.272 e. The van der Waals surface area contributed by atoms with Gasteiger partial charge in [0.1, 0.15) is 18.1 Å². The van der Waals surface area contributed by atoms with Gasteiger partial charge in [-0.15, -0.1) is 0 Å². The van der Waals surface area contributed by atoms with Gasteiger partial charge in [0.25, 0.3) is 6.43 Å². The van der Waals surface area contributed by atoms with Crippen LogP contribution in [0, 0.1) is 12.7 Å². The molecule has 52 heavy (non-hydrogen) atoms. The van der Waals surface area contributed by atoms with E-state index in [0.717, 1.165) is 29.4 Å². The van der Waals surface area contributed by atoms with E-state index in [1.807, 2.05) is 37.8 Å². The van der Waals surface area contributed by atoms with Gasteiger partial charge in [0.15, 0.2) is 17.3 Å². The number of unbranched alkanes of at least 4 members (excludes halogenated alkanes) is 1. The Kier molecular flexibility index (Phi) is 21.5. The fraction of sp³-hybridized carbons (Fsp3) is 0.385. The Morgan fingerprint density at radius 2 is 1.81 bits per heavy atom. The smallest absolute Gasteiger partial charge is 0.272 e. The Bertz CT molecular complexity index is 1700. The van der Waals surface area contributed by atoms with Crippen LogP contribution in [0.2, 0.25) is 0 Å². The lowest BCUT2D eigenvalue weighted by atomic mass is 10.1. The maximum atomic E-state index is 13.7. The predicted octanol–water partition coefficient (Wildman–Crippen LogP) is 8.38. The number of nitrogens with zero attached hydrogens (tertiary/aromatic N) is 4. The average molecular weight is 727 g/mol. The summed E-state index contributed by atoms with van der Waals surface area (Å²) < 4.78 is 49.6. The second-order valence-electron chi connectivity index (χ2n) is 11.1. The number of hydrogen-bond donors (Lipinski definition) is 2. The number of allylic oxidation sites excluding steroid dienone is 2. The third-order valence-corrected chi connectivity index (χ3v) is 6.70. The first-order valence-electron chi connectivity index (χ1n) is 17.1. The number of rotatable bonds is 17. The number of hydrazone groups is 1. The number of aromatic amines is 1. The first-order chi connectivity index (χ1) is 24.9. The van der Waals surface area contributed by atoms with Crippen LogP contribution in [0.5, 0.6) is 11.5 Å². The second kappa shape index (κ2) is 24.9. The van der Waals surface area contributed by atoms with Crippen molar-refractivity contribution in [3.05, 3.63) is 90.2 Å². The number of anilines is 1. The van der Waals surface area contributed by atoms with E-state index in [4.69, 9.17) is 15.2 Å². The van der Waals surface area contributed by atoms with E-state index in [1.54, 1.807) is 56.6 Å². The normalized spacial score (nSPS) is 11.9. The van der Waals surface area contributed by atoms with Gasteiger partial charge in [-0.25, -0.2) is 18.2 Å². The molecule has 0 saturated carbocycles. The van der Waals surface area contributed by atoms with E-state index in [1.165, 1.54) is 43.4 Å². The molecule has 3 rings (SSSR count). The van der Waals surface area contributed by atoms with Gasteiger partial charge < -0.3 is 25.1 Å². The molecule has 10 nitrogen and oxygen atoms in total.